The van der Waals surface area contributed by atoms with Gasteiger partial charge < -0.3 is 5.32 Å². The van der Waals surface area contributed by atoms with Crippen LogP contribution in [0.5, 0.6) is 0 Å². The van der Waals surface area contributed by atoms with Crippen molar-refractivity contribution in [2.24, 2.45) is 5.14 Å². The summed E-state index contributed by atoms with van der Waals surface area (Å²) in [5.74, 6) is 0. The summed E-state index contributed by atoms with van der Waals surface area (Å²) in [5, 5.41) is 8.32. The molecule has 0 amide bonds. The number of halogens is 1. The number of nitrogens with zero attached hydrogens (tertiary/aromatic N) is 1. The molecule has 1 heterocycles. The number of nitrogens with two attached hydrogens (primary N) is 1. The van der Waals surface area contributed by atoms with Gasteiger partial charge in [-0.2, -0.15) is 0 Å². The molecule has 0 aliphatic carbocycles. The first-order valence-electron chi connectivity index (χ1n) is 5.83. The van der Waals surface area contributed by atoms with Gasteiger partial charge in [-0.15, -0.1) is 0 Å². The number of primary sulfonamides is 1. The lowest BCUT2D eigenvalue weighted by Gasteiger charge is -2.11. The number of benzene rings is 1. The van der Waals surface area contributed by atoms with E-state index in [0.29, 0.717) is 6.54 Å². The third-order valence-corrected chi connectivity index (χ3v) is 4.13. The molecule has 5 nitrogen and oxygen atoms in total. The van der Waals surface area contributed by atoms with Crippen LogP contribution in [0.2, 0.25) is 0 Å². The van der Waals surface area contributed by atoms with Gasteiger partial charge >= 0.3 is 0 Å². The van der Waals surface area contributed by atoms with Gasteiger partial charge in [0.15, 0.2) is 0 Å². The second-order valence-corrected chi connectivity index (χ2v) is 6.86. The molecule has 0 unspecified atom stereocenters. The molecule has 7 heteroatoms. The molecule has 1 aromatic heterocycles. The van der Waals surface area contributed by atoms with Crippen molar-refractivity contribution in [2.75, 3.05) is 5.32 Å². The number of pyridine rings is 1. The molecule has 0 bridgehead atoms. The number of aryl methyl sites for hydroxylation is 1. The zero-order valence-electron chi connectivity index (χ0n) is 10.8. The Morgan fingerprint density at radius 1 is 1.30 bits per heavy atom. The van der Waals surface area contributed by atoms with E-state index in [4.69, 9.17) is 5.14 Å². The van der Waals surface area contributed by atoms with Gasteiger partial charge in [0.05, 0.1) is 4.90 Å². The fourth-order valence-corrected chi connectivity index (χ4v) is 2.67. The van der Waals surface area contributed by atoms with E-state index in [2.05, 4.69) is 26.2 Å². The minimum absolute atomic E-state index is 0.0953. The molecule has 106 valence electrons. The molecule has 2 rings (SSSR count). The predicted molar refractivity (Wildman–Crippen MR) is 81.8 cm³/mol. The Balaban J connectivity index is 2.21. The van der Waals surface area contributed by atoms with Gasteiger partial charge in [-0.25, -0.2) is 13.6 Å². The molecule has 2 aromatic rings. The van der Waals surface area contributed by atoms with E-state index >= 15 is 0 Å². The van der Waals surface area contributed by atoms with E-state index in [1.54, 1.807) is 18.5 Å². The molecule has 0 atom stereocenters. The van der Waals surface area contributed by atoms with Crippen LogP contribution in [0.15, 0.2) is 46.0 Å². The number of anilines is 1. The molecule has 0 saturated carbocycles. The normalized spacial score (nSPS) is 11.3. The van der Waals surface area contributed by atoms with Gasteiger partial charge in [-0.1, -0.05) is 6.07 Å². The molecule has 0 aliphatic rings. The van der Waals surface area contributed by atoms with Crippen molar-refractivity contribution in [3.8, 4) is 0 Å². The van der Waals surface area contributed by atoms with Crippen molar-refractivity contribution in [1.29, 1.82) is 0 Å². The highest BCUT2D eigenvalue weighted by atomic mass is 79.9. The van der Waals surface area contributed by atoms with Crippen molar-refractivity contribution in [2.45, 2.75) is 18.4 Å². The van der Waals surface area contributed by atoms with E-state index in [-0.39, 0.29) is 4.90 Å². The third-order valence-electron chi connectivity index (χ3n) is 2.78. The second kappa shape index (κ2) is 5.90. The van der Waals surface area contributed by atoms with Crippen LogP contribution in [0, 0.1) is 6.92 Å². The predicted octanol–water partition coefficient (Wildman–Crippen LogP) is 2.41. The first-order chi connectivity index (χ1) is 9.36. The van der Waals surface area contributed by atoms with Crippen LogP contribution in [0.4, 0.5) is 5.69 Å². The van der Waals surface area contributed by atoms with E-state index in [0.717, 1.165) is 21.3 Å². The standard InChI is InChI=1S/C13H14BrN3O2S/c1-9-2-3-12(20(15,18)19)5-13(9)17-7-10-4-11(14)8-16-6-10/h2-6,8,17H,7H2,1H3,(H2,15,18,19). The summed E-state index contributed by atoms with van der Waals surface area (Å²) in [6.45, 7) is 2.44. The molecule has 1 aromatic carbocycles. The second-order valence-electron chi connectivity index (χ2n) is 4.39. The molecule has 0 fully saturated rings. The summed E-state index contributed by atoms with van der Waals surface area (Å²) in [5.41, 5.74) is 2.66. The minimum atomic E-state index is -3.69. The lowest BCUT2D eigenvalue weighted by atomic mass is 10.2. The lowest BCUT2D eigenvalue weighted by molar-refractivity contribution is 0.598. The van der Waals surface area contributed by atoms with Crippen LogP contribution >= 0.6 is 15.9 Å². The highest BCUT2D eigenvalue weighted by Crippen LogP contribution is 2.20. The van der Waals surface area contributed by atoms with Gasteiger partial charge in [-0.3, -0.25) is 4.98 Å². The third kappa shape index (κ3) is 3.78. The Bertz CT molecular complexity index is 732. The molecule has 0 spiro atoms. The van der Waals surface area contributed by atoms with Crippen LogP contribution in [-0.4, -0.2) is 13.4 Å². The lowest BCUT2D eigenvalue weighted by Crippen LogP contribution is -2.13. The molecule has 0 saturated heterocycles. The van der Waals surface area contributed by atoms with Crippen molar-refractivity contribution in [3.63, 3.8) is 0 Å². The Labute approximate surface area is 126 Å². The Kier molecular flexibility index (Phi) is 4.42. The largest absolute Gasteiger partial charge is 0.381 e. The molecule has 20 heavy (non-hydrogen) atoms. The van der Waals surface area contributed by atoms with Crippen LogP contribution in [0.25, 0.3) is 0 Å². The smallest absolute Gasteiger partial charge is 0.238 e. The van der Waals surface area contributed by atoms with Gasteiger partial charge in [0, 0.05) is 29.1 Å². The number of hydrogen-bond donors (Lipinski definition) is 2. The van der Waals surface area contributed by atoms with Crippen molar-refractivity contribution < 1.29 is 8.42 Å². The van der Waals surface area contributed by atoms with Crippen molar-refractivity contribution >= 4 is 31.6 Å². The average Bonchev–Trinajstić information content (AvgIpc) is 2.36. The van der Waals surface area contributed by atoms with Crippen molar-refractivity contribution in [1.82, 2.24) is 4.98 Å². The fourth-order valence-electron chi connectivity index (χ4n) is 1.72. The van der Waals surface area contributed by atoms with Crippen LogP contribution in [-0.2, 0) is 16.6 Å². The van der Waals surface area contributed by atoms with E-state index < -0.39 is 10.0 Å². The van der Waals surface area contributed by atoms with Gasteiger partial charge in [0.1, 0.15) is 0 Å². The van der Waals surface area contributed by atoms with E-state index in [1.807, 2.05) is 13.0 Å². The maximum Gasteiger partial charge on any atom is 0.238 e. The Hall–Kier alpha value is -1.44. The summed E-state index contributed by atoms with van der Waals surface area (Å²) in [7, 11) is -3.69. The van der Waals surface area contributed by atoms with Crippen LogP contribution < -0.4 is 10.5 Å². The SMILES string of the molecule is Cc1ccc(S(N)(=O)=O)cc1NCc1cncc(Br)c1. The molecule has 3 N–H and O–H groups in total. The quantitative estimate of drug-likeness (QED) is 0.881. The highest BCUT2D eigenvalue weighted by molar-refractivity contribution is 9.10. The summed E-state index contributed by atoms with van der Waals surface area (Å²) in [4.78, 5) is 4.17. The molecular weight excluding hydrogens is 342 g/mol. The molecule has 0 aliphatic heterocycles. The zero-order valence-corrected chi connectivity index (χ0v) is 13.2. The van der Waals surface area contributed by atoms with Gasteiger partial charge in [0.25, 0.3) is 0 Å². The Morgan fingerprint density at radius 3 is 2.70 bits per heavy atom. The zero-order chi connectivity index (χ0) is 14.8. The van der Waals surface area contributed by atoms with E-state index in [9.17, 15) is 8.42 Å². The summed E-state index contributed by atoms with van der Waals surface area (Å²) in [6.07, 6.45) is 3.45. The first-order valence-corrected chi connectivity index (χ1v) is 8.17. The summed E-state index contributed by atoms with van der Waals surface area (Å²) >= 11 is 3.35. The first kappa shape index (κ1) is 15.0. The monoisotopic (exact) mass is 355 g/mol. The van der Waals surface area contributed by atoms with E-state index in [1.165, 1.54) is 12.1 Å². The number of aromatic nitrogens is 1. The van der Waals surface area contributed by atoms with Gasteiger partial charge in [0.2, 0.25) is 10.0 Å². The number of rotatable bonds is 4. The van der Waals surface area contributed by atoms with Gasteiger partial charge in [-0.05, 0) is 52.2 Å². The van der Waals surface area contributed by atoms with Crippen LogP contribution in [0.3, 0.4) is 0 Å². The Morgan fingerprint density at radius 2 is 2.05 bits per heavy atom. The maximum absolute atomic E-state index is 11.3. The van der Waals surface area contributed by atoms with Crippen molar-refractivity contribution in [3.05, 3.63) is 52.3 Å². The molecule has 0 radical (unpaired) electrons. The maximum atomic E-state index is 11.3. The number of hydrogen-bond acceptors (Lipinski definition) is 4. The fraction of sp³-hybridized carbons (Fsp3) is 0.154. The van der Waals surface area contributed by atoms with Crippen LogP contribution in [0.1, 0.15) is 11.1 Å². The summed E-state index contributed by atoms with van der Waals surface area (Å²) < 4.78 is 23.6. The highest BCUT2D eigenvalue weighted by Gasteiger charge is 2.09. The number of nitrogens with one attached hydrogen (secondary N) is 1. The topological polar surface area (TPSA) is 85.1 Å². The number of sulfonamides is 1. The average molecular weight is 356 g/mol. The molecular formula is C13H14BrN3O2S. The minimum Gasteiger partial charge on any atom is -0.381 e. The summed E-state index contributed by atoms with van der Waals surface area (Å²) in [6, 6.07) is 6.70.